The molecule has 1 N–H and O–H groups in total. The molecule has 0 aliphatic rings. The fourth-order valence-electron chi connectivity index (χ4n) is 1.59. The van der Waals surface area contributed by atoms with Gasteiger partial charge in [0.15, 0.2) is 16.6 Å². The van der Waals surface area contributed by atoms with E-state index in [0.717, 1.165) is 4.88 Å². The molecule has 0 fully saturated rings. The highest BCUT2D eigenvalue weighted by Crippen LogP contribution is 2.31. The average Bonchev–Trinajstić information content (AvgIpc) is 2.77. The van der Waals surface area contributed by atoms with Crippen molar-refractivity contribution in [1.29, 1.82) is 0 Å². The van der Waals surface area contributed by atoms with Gasteiger partial charge in [0, 0.05) is 10.6 Å². The lowest BCUT2D eigenvalue weighted by molar-refractivity contribution is 0.0519. The summed E-state index contributed by atoms with van der Waals surface area (Å²) >= 11 is 12.7. The number of benzene rings is 1. The minimum atomic E-state index is -0.675. The molecule has 1 aromatic heterocycles. The number of hydrogen-bond acceptors (Lipinski definition) is 5. The number of carbonyl (C=O) groups is 1. The molecule has 112 valence electrons. The monoisotopic (exact) mass is 348 g/mol. The summed E-state index contributed by atoms with van der Waals surface area (Å²) in [5.41, 5.74) is 0.735. The standard InChI is InChI=1S/C13H11Cl2FN2O2S/c1-3-20-12(19)11-6(2)21-13(18-11)17-7-4-8(14)10(16)9(15)5-7/h4-5H,3H2,1-2H3,(H,17,18). The summed E-state index contributed by atoms with van der Waals surface area (Å²) in [6, 6.07) is 2.78. The maximum absolute atomic E-state index is 13.3. The fraction of sp³-hybridized carbons (Fsp3) is 0.231. The molecule has 1 aromatic carbocycles. The van der Waals surface area contributed by atoms with E-state index in [4.69, 9.17) is 27.9 Å². The molecular formula is C13H11Cl2FN2O2S. The molecule has 0 saturated heterocycles. The molecule has 0 bridgehead atoms. The minimum absolute atomic E-state index is 0.0936. The normalized spacial score (nSPS) is 10.5. The highest BCUT2D eigenvalue weighted by atomic mass is 35.5. The molecular weight excluding hydrogens is 338 g/mol. The summed E-state index contributed by atoms with van der Waals surface area (Å²) in [5.74, 6) is -1.15. The van der Waals surface area contributed by atoms with Crippen LogP contribution in [0.4, 0.5) is 15.2 Å². The molecule has 8 heteroatoms. The molecule has 0 aliphatic carbocycles. The van der Waals surface area contributed by atoms with E-state index in [1.54, 1.807) is 13.8 Å². The van der Waals surface area contributed by atoms with E-state index in [2.05, 4.69) is 10.3 Å². The number of halogens is 3. The predicted molar refractivity (Wildman–Crippen MR) is 82.5 cm³/mol. The number of ether oxygens (including phenoxy) is 1. The van der Waals surface area contributed by atoms with E-state index in [1.807, 2.05) is 0 Å². The number of nitrogens with zero attached hydrogens (tertiary/aromatic N) is 1. The number of esters is 1. The number of aromatic nitrogens is 1. The van der Waals surface area contributed by atoms with Crippen LogP contribution in [-0.2, 0) is 4.74 Å². The third-order valence-corrected chi connectivity index (χ3v) is 3.94. The van der Waals surface area contributed by atoms with E-state index in [9.17, 15) is 9.18 Å². The van der Waals surface area contributed by atoms with Gasteiger partial charge in [-0.3, -0.25) is 0 Å². The molecule has 2 rings (SSSR count). The Bertz CT molecular complexity index is 668. The lowest BCUT2D eigenvalue weighted by atomic mass is 10.3. The van der Waals surface area contributed by atoms with Crippen LogP contribution in [0.3, 0.4) is 0 Å². The van der Waals surface area contributed by atoms with Crippen molar-refractivity contribution in [2.45, 2.75) is 13.8 Å². The maximum Gasteiger partial charge on any atom is 0.358 e. The van der Waals surface area contributed by atoms with Gasteiger partial charge in [-0.05, 0) is 26.0 Å². The Morgan fingerprint density at radius 3 is 2.62 bits per heavy atom. The van der Waals surface area contributed by atoms with E-state index >= 15 is 0 Å². The highest BCUT2D eigenvalue weighted by Gasteiger charge is 2.17. The Kier molecular flexibility index (Phi) is 5.03. The lowest BCUT2D eigenvalue weighted by Gasteiger charge is -2.05. The first kappa shape index (κ1) is 16.0. The molecule has 0 radical (unpaired) electrons. The van der Waals surface area contributed by atoms with Gasteiger partial charge < -0.3 is 10.1 Å². The van der Waals surface area contributed by atoms with Crippen LogP contribution in [0.25, 0.3) is 0 Å². The van der Waals surface area contributed by atoms with E-state index in [0.29, 0.717) is 10.8 Å². The smallest absolute Gasteiger partial charge is 0.358 e. The molecule has 2 aromatic rings. The lowest BCUT2D eigenvalue weighted by Crippen LogP contribution is -2.06. The Morgan fingerprint density at radius 2 is 2.05 bits per heavy atom. The molecule has 1 heterocycles. The van der Waals surface area contributed by atoms with Crippen molar-refractivity contribution in [2.75, 3.05) is 11.9 Å². The van der Waals surface area contributed by atoms with Gasteiger partial charge >= 0.3 is 5.97 Å². The zero-order valence-corrected chi connectivity index (χ0v) is 13.5. The number of nitrogens with one attached hydrogen (secondary N) is 1. The van der Waals surface area contributed by atoms with Gasteiger partial charge in [-0.15, -0.1) is 11.3 Å². The molecule has 0 unspecified atom stereocenters. The van der Waals surface area contributed by atoms with Crippen LogP contribution >= 0.6 is 34.5 Å². The number of rotatable bonds is 4. The largest absolute Gasteiger partial charge is 0.461 e. The van der Waals surface area contributed by atoms with Crippen molar-refractivity contribution in [2.24, 2.45) is 0 Å². The highest BCUT2D eigenvalue weighted by molar-refractivity contribution is 7.15. The maximum atomic E-state index is 13.3. The SMILES string of the molecule is CCOC(=O)c1nc(Nc2cc(Cl)c(F)c(Cl)c2)sc1C. The van der Waals surface area contributed by atoms with Crippen molar-refractivity contribution < 1.29 is 13.9 Å². The van der Waals surface area contributed by atoms with E-state index in [-0.39, 0.29) is 22.3 Å². The van der Waals surface area contributed by atoms with Gasteiger partial charge in [0.05, 0.1) is 16.7 Å². The number of thiazole rings is 1. The van der Waals surface area contributed by atoms with Crippen molar-refractivity contribution in [3.05, 3.63) is 38.6 Å². The molecule has 21 heavy (non-hydrogen) atoms. The molecule has 0 amide bonds. The molecule has 0 atom stereocenters. The molecule has 0 aliphatic heterocycles. The first-order valence-electron chi connectivity index (χ1n) is 5.98. The van der Waals surface area contributed by atoms with Crippen LogP contribution < -0.4 is 5.32 Å². The van der Waals surface area contributed by atoms with Crippen LogP contribution in [-0.4, -0.2) is 17.6 Å². The van der Waals surface area contributed by atoms with Gasteiger partial charge in [0.25, 0.3) is 0 Å². The first-order chi connectivity index (χ1) is 9.92. The third-order valence-electron chi connectivity index (χ3n) is 2.50. The third kappa shape index (κ3) is 3.64. The van der Waals surface area contributed by atoms with Crippen molar-refractivity contribution in [3.8, 4) is 0 Å². The number of aryl methyl sites for hydroxylation is 1. The molecule has 4 nitrogen and oxygen atoms in total. The van der Waals surface area contributed by atoms with Gasteiger partial charge in [-0.25, -0.2) is 14.2 Å². The summed E-state index contributed by atoms with van der Waals surface area (Å²) in [6.07, 6.45) is 0. The second kappa shape index (κ2) is 6.60. The Labute approximate surface area is 134 Å². The van der Waals surface area contributed by atoms with Crippen LogP contribution in [0, 0.1) is 12.7 Å². The Hall–Kier alpha value is -1.37. The summed E-state index contributed by atoms with van der Waals surface area (Å²) in [7, 11) is 0. The second-order valence-corrected chi connectivity index (χ2v) is 6.04. The van der Waals surface area contributed by atoms with Crippen molar-refractivity contribution >= 4 is 51.3 Å². The summed E-state index contributed by atoms with van der Waals surface area (Å²) < 4.78 is 18.3. The van der Waals surface area contributed by atoms with Gasteiger partial charge in [-0.1, -0.05) is 23.2 Å². The Balaban J connectivity index is 2.25. The zero-order chi connectivity index (χ0) is 15.6. The second-order valence-electron chi connectivity index (χ2n) is 4.02. The van der Waals surface area contributed by atoms with E-state index < -0.39 is 11.8 Å². The zero-order valence-electron chi connectivity index (χ0n) is 11.2. The van der Waals surface area contributed by atoms with Crippen LogP contribution in [0.2, 0.25) is 10.0 Å². The predicted octanol–water partition coefficient (Wildman–Crippen LogP) is 4.82. The Morgan fingerprint density at radius 1 is 1.43 bits per heavy atom. The summed E-state index contributed by atoms with van der Waals surface area (Å²) in [4.78, 5) is 16.6. The quantitative estimate of drug-likeness (QED) is 0.635. The van der Waals surface area contributed by atoms with Crippen molar-refractivity contribution in [3.63, 3.8) is 0 Å². The van der Waals surface area contributed by atoms with Gasteiger partial charge in [0.1, 0.15) is 0 Å². The topological polar surface area (TPSA) is 51.2 Å². The fourth-order valence-corrected chi connectivity index (χ4v) is 2.90. The van der Waals surface area contributed by atoms with Crippen molar-refractivity contribution in [1.82, 2.24) is 4.98 Å². The van der Waals surface area contributed by atoms with Crippen LogP contribution in [0.15, 0.2) is 12.1 Å². The molecule has 0 spiro atoms. The van der Waals surface area contributed by atoms with Crippen LogP contribution in [0.1, 0.15) is 22.3 Å². The van der Waals surface area contributed by atoms with E-state index in [1.165, 1.54) is 23.5 Å². The number of carbonyl (C=O) groups excluding carboxylic acids is 1. The summed E-state index contributed by atoms with van der Waals surface area (Å²) in [5, 5.41) is 3.21. The minimum Gasteiger partial charge on any atom is -0.461 e. The number of hydrogen-bond donors (Lipinski definition) is 1. The molecule has 0 saturated carbocycles. The first-order valence-corrected chi connectivity index (χ1v) is 7.55. The van der Waals surface area contributed by atoms with Crippen LogP contribution in [0.5, 0.6) is 0 Å². The number of anilines is 2. The van der Waals surface area contributed by atoms with Gasteiger partial charge in [0.2, 0.25) is 0 Å². The average molecular weight is 349 g/mol. The summed E-state index contributed by atoms with van der Waals surface area (Å²) in [6.45, 7) is 3.77. The van der Waals surface area contributed by atoms with Gasteiger partial charge in [-0.2, -0.15) is 0 Å².